The van der Waals surface area contributed by atoms with E-state index in [1.54, 1.807) is 29.2 Å². The van der Waals surface area contributed by atoms with Crippen LogP contribution in [0, 0.1) is 5.92 Å². The maximum Gasteiger partial charge on any atom is 0.257 e. The van der Waals surface area contributed by atoms with Crippen molar-refractivity contribution < 1.29 is 14.4 Å². The number of thiazole rings is 1. The van der Waals surface area contributed by atoms with Crippen LogP contribution in [0.4, 0.5) is 5.13 Å². The number of Topliss-reactive ketones (excluding diaryl/α,β-unsaturated/α-hetero) is 1. The van der Waals surface area contributed by atoms with Crippen molar-refractivity contribution in [2.24, 2.45) is 5.92 Å². The quantitative estimate of drug-likeness (QED) is 0.876. The number of aromatic nitrogens is 1. The van der Waals surface area contributed by atoms with E-state index in [1.165, 1.54) is 11.3 Å². The Morgan fingerprint density at radius 2 is 1.88 bits per heavy atom. The smallest absolute Gasteiger partial charge is 0.257 e. The number of carbonyl (C=O) groups is 3. The Hall–Kier alpha value is -2.54. The molecule has 0 radical (unpaired) electrons. The molecule has 1 aliphatic rings. The summed E-state index contributed by atoms with van der Waals surface area (Å²) in [6.07, 6.45) is 0.644. The van der Waals surface area contributed by atoms with Crippen LogP contribution in [0.25, 0.3) is 0 Å². The Balaban J connectivity index is 1.76. The lowest BCUT2D eigenvalue weighted by Gasteiger charge is -2.26. The lowest BCUT2D eigenvalue weighted by atomic mass is 9.89. The molecule has 1 aromatic carbocycles. The summed E-state index contributed by atoms with van der Waals surface area (Å²) in [5, 5.41) is 3.14. The van der Waals surface area contributed by atoms with Crippen molar-refractivity contribution in [3.05, 3.63) is 46.5 Å². The average molecular weight is 371 g/mol. The van der Waals surface area contributed by atoms with Crippen LogP contribution in [0.5, 0.6) is 0 Å². The van der Waals surface area contributed by atoms with Gasteiger partial charge in [-0.1, -0.05) is 29.5 Å². The summed E-state index contributed by atoms with van der Waals surface area (Å²) in [7, 11) is 0. The third-order valence-corrected chi connectivity index (χ3v) is 5.56. The van der Waals surface area contributed by atoms with E-state index in [1.807, 2.05) is 19.9 Å². The molecule has 1 atom stereocenters. The van der Waals surface area contributed by atoms with E-state index in [4.69, 9.17) is 0 Å². The van der Waals surface area contributed by atoms with Crippen LogP contribution in [0.1, 0.15) is 46.0 Å². The number of rotatable bonds is 5. The molecule has 0 saturated heterocycles. The Morgan fingerprint density at radius 3 is 2.54 bits per heavy atom. The molecule has 1 aromatic heterocycles. The van der Waals surface area contributed by atoms with Crippen molar-refractivity contribution >= 4 is 34.1 Å². The molecule has 7 heteroatoms. The van der Waals surface area contributed by atoms with E-state index < -0.39 is 0 Å². The fourth-order valence-electron chi connectivity index (χ4n) is 3.11. The lowest BCUT2D eigenvalue weighted by molar-refractivity contribution is -0.135. The van der Waals surface area contributed by atoms with Crippen molar-refractivity contribution in [3.8, 4) is 0 Å². The normalized spacial score (nSPS) is 16.1. The van der Waals surface area contributed by atoms with Gasteiger partial charge in [0.1, 0.15) is 0 Å². The highest BCUT2D eigenvalue weighted by Crippen LogP contribution is 2.33. The summed E-state index contributed by atoms with van der Waals surface area (Å²) >= 11 is 1.18. The molecule has 136 valence electrons. The van der Waals surface area contributed by atoms with E-state index in [-0.39, 0.29) is 29.9 Å². The topological polar surface area (TPSA) is 79.4 Å². The molecule has 0 bridgehead atoms. The number of fused-ring (bicyclic) bond motifs is 1. The van der Waals surface area contributed by atoms with Gasteiger partial charge in [0.2, 0.25) is 5.91 Å². The van der Waals surface area contributed by atoms with Crippen LogP contribution in [0.2, 0.25) is 0 Å². The number of anilines is 1. The van der Waals surface area contributed by atoms with Gasteiger partial charge < -0.3 is 4.90 Å². The van der Waals surface area contributed by atoms with Gasteiger partial charge in [-0.3, -0.25) is 19.7 Å². The fourth-order valence-corrected chi connectivity index (χ4v) is 4.05. The number of nitrogens with one attached hydrogen (secondary N) is 1. The molecule has 0 fully saturated rings. The minimum absolute atomic E-state index is 0.00290. The molecule has 3 rings (SSSR count). The van der Waals surface area contributed by atoms with Crippen LogP contribution in [0.3, 0.4) is 0 Å². The molecule has 0 aliphatic heterocycles. The van der Waals surface area contributed by atoms with Gasteiger partial charge in [0.15, 0.2) is 10.9 Å². The van der Waals surface area contributed by atoms with Gasteiger partial charge in [0, 0.05) is 31.5 Å². The average Bonchev–Trinajstić information content (AvgIpc) is 3.06. The molecule has 1 N–H and O–H groups in total. The zero-order chi connectivity index (χ0) is 18.7. The van der Waals surface area contributed by atoms with Crippen LogP contribution >= 0.6 is 11.3 Å². The lowest BCUT2D eigenvalue weighted by Crippen LogP contribution is -2.39. The summed E-state index contributed by atoms with van der Waals surface area (Å²) in [4.78, 5) is 44.0. The first-order chi connectivity index (χ1) is 12.5. The van der Waals surface area contributed by atoms with Crippen molar-refractivity contribution in [2.45, 2.75) is 26.7 Å². The molecular weight excluding hydrogens is 350 g/mol. The van der Waals surface area contributed by atoms with Gasteiger partial charge in [0.25, 0.3) is 5.91 Å². The molecule has 1 aliphatic carbocycles. The molecule has 2 aromatic rings. The van der Waals surface area contributed by atoms with E-state index in [0.717, 1.165) is 0 Å². The maximum absolute atomic E-state index is 12.6. The molecule has 2 amide bonds. The number of benzene rings is 1. The standard InChI is InChI=1S/C19H21N3O3S/c1-3-22(4-2)18(25)13-10-14-16(15(23)11-13)26-19(20-14)21-17(24)12-8-6-5-7-9-12/h5-9,13H,3-4,10-11H2,1-2H3,(H,20,21,24). The molecule has 26 heavy (non-hydrogen) atoms. The first-order valence-electron chi connectivity index (χ1n) is 8.71. The van der Waals surface area contributed by atoms with Crippen LogP contribution in [-0.4, -0.2) is 40.6 Å². The molecule has 1 heterocycles. The van der Waals surface area contributed by atoms with Crippen LogP contribution in [0.15, 0.2) is 30.3 Å². The second-order valence-electron chi connectivity index (χ2n) is 6.15. The Morgan fingerprint density at radius 1 is 1.19 bits per heavy atom. The first kappa shape index (κ1) is 18.3. The highest BCUT2D eigenvalue weighted by Gasteiger charge is 2.34. The van der Waals surface area contributed by atoms with Crippen molar-refractivity contribution in [1.82, 2.24) is 9.88 Å². The summed E-state index contributed by atoms with van der Waals surface area (Å²) in [5.74, 6) is -0.707. The zero-order valence-electron chi connectivity index (χ0n) is 14.8. The fraction of sp³-hybridized carbons (Fsp3) is 0.368. The number of ketones is 1. The largest absolute Gasteiger partial charge is 0.343 e. The highest BCUT2D eigenvalue weighted by molar-refractivity contribution is 7.17. The van der Waals surface area contributed by atoms with Gasteiger partial charge >= 0.3 is 0 Å². The molecule has 6 nitrogen and oxygen atoms in total. The second kappa shape index (κ2) is 7.78. The van der Waals surface area contributed by atoms with Gasteiger partial charge in [0.05, 0.1) is 16.5 Å². The summed E-state index contributed by atoms with van der Waals surface area (Å²) in [5.41, 5.74) is 1.14. The number of nitrogens with zero attached hydrogens (tertiary/aromatic N) is 2. The number of carbonyl (C=O) groups excluding carboxylic acids is 3. The third-order valence-electron chi connectivity index (χ3n) is 4.50. The summed E-state index contributed by atoms with van der Waals surface area (Å²) < 4.78 is 0. The van der Waals surface area contributed by atoms with Gasteiger partial charge in [-0.05, 0) is 26.0 Å². The Labute approximate surface area is 156 Å². The van der Waals surface area contributed by atoms with Gasteiger partial charge in [-0.15, -0.1) is 0 Å². The van der Waals surface area contributed by atoms with Gasteiger partial charge in [-0.25, -0.2) is 4.98 Å². The summed E-state index contributed by atoms with van der Waals surface area (Å²) in [6.45, 7) is 5.11. The van der Waals surface area contributed by atoms with Crippen LogP contribution in [-0.2, 0) is 11.2 Å². The van der Waals surface area contributed by atoms with Crippen LogP contribution < -0.4 is 5.32 Å². The number of hydrogen-bond acceptors (Lipinski definition) is 5. The van der Waals surface area contributed by atoms with E-state index >= 15 is 0 Å². The molecule has 0 spiro atoms. The van der Waals surface area contributed by atoms with Crippen molar-refractivity contribution in [2.75, 3.05) is 18.4 Å². The Bertz CT molecular complexity index is 828. The maximum atomic E-state index is 12.6. The van der Waals surface area contributed by atoms with Crippen molar-refractivity contribution in [1.29, 1.82) is 0 Å². The minimum atomic E-state index is -0.366. The predicted molar refractivity (Wildman–Crippen MR) is 101 cm³/mol. The molecular formula is C19H21N3O3S. The van der Waals surface area contributed by atoms with E-state index in [2.05, 4.69) is 10.3 Å². The monoisotopic (exact) mass is 371 g/mol. The minimum Gasteiger partial charge on any atom is -0.343 e. The van der Waals surface area contributed by atoms with Gasteiger partial charge in [-0.2, -0.15) is 0 Å². The van der Waals surface area contributed by atoms with E-state index in [0.29, 0.717) is 40.8 Å². The predicted octanol–water partition coefficient (Wildman–Crippen LogP) is 3.01. The second-order valence-corrected chi connectivity index (χ2v) is 7.15. The van der Waals surface area contributed by atoms with Crippen molar-refractivity contribution in [3.63, 3.8) is 0 Å². The number of amides is 2. The first-order valence-corrected chi connectivity index (χ1v) is 9.53. The zero-order valence-corrected chi connectivity index (χ0v) is 15.6. The van der Waals surface area contributed by atoms with E-state index in [9.17, 15) is 14.4 Å². The SMILES string of the molecule is CCN(CC)C(=O)C1CC(=O)c2sc(NC(=O)c3ccccc3)nc2C1. The Kier molecular flexibility index (Phi) is 5.46. The highest BCUT2D eigenvalue weighted by atomic mass is 32.1. The number of hydrogen-bond donors (Lipinski definition) is 1. The summed E-state index contributed by atoms with van der Waals surface area (Å²) in [6, 6.07) is 8.84. The molecule has 1 unspecified atom stereocenters. The molecule has 0 saturated carbocycles. The third kappa shape index (κ3) is 3.67.